The second kappa shape index (κ2) is 2.15. The summed E-state index contributed by atoms with van der Waals surface area (Å²) >= 11 is 0. The van der Waals surface area contributed by atoms with Crippen molar-refractivity contribution >= 4 is 10.8 Å². The average molecular weight is 90.1 g/mol. The van der Waals surface area contributed by atoms with Gasteiger partial charge in [0.15, 0.2) is 0 Å². The van der Waals surface area contributed by atoms with Gasteiger partial charge in [0.05, 0.1) is 0 Å². The highest BCUT2D eigenvalue weighted by Gasteiger charge is 1.65. The zero-order valence-corrected chi connectivity index (χ0v) is 3.92. The quantitative estimate of drug-likeness (QED) is 0.458. The summed E-state index contributed by atoms with van der Waals surface area (Å²) in [6.45, 7) is 3.26. The van der Waals surface area contributed by atoms with Crippen LogP contribution in [0.15, 0.2) is 12.0 Å². The second-order valence-corrected chi connectivity index (χ2v) is 2.00. The Bertz CT molecular complexity index is 57.9. The Kier molecular flexibility index (Phi) is 2.10. The van der Waals surface area contributed by atoms with Gasteiger partial charge in [-0.3, -0.25) is 4.21 Å². The summed E-state index contributed by atoms with van der Waals surface area (Å²) in [6.07, 6.45) is 1.58. The van der Waals surface area contributed by atoms with Crippen molar-refractivity contribution in [3.8, 4) is 0 Å². The van der Waals surface area contributed by atoms with Crippen LogP contribution in [0.4, 0.5) is 0 Å². The molecule has 30 valence electrons. The van der Waals surface area contributed by atoms with E-state index in [1.165, 1.54) is 5.41 Å². The van der Waals surface area contributed by atoms with Crippen molar-refractivity contribution < 1.29 is 4.21 Å². The van der Waals surface area contributed by atoms with Crippen LogP contribution in [-0.2, 0) is 10.8 Å². The summed E-state index contributed by atoms with van der Waals surface area (Å²) in [5, 5.41) is 1.39. The van der Waals surface area contributed by atoms with E-state index < -0.39 is 10.8 Å². The van der Waals surface area contributed by atoms with Crippen LogP contribution in [0.3, 0.4) is 0 Å². The maximum atomic E-state index is 9.81. The molecular formula is C3H6OS. The Balaban J connectivity index is 3.20. The van der Waals surface area contributed by atoms with Gasteiger partial charge in [0.2, 0.25) is 0 Å². The first kappa shape index (κ1) is 4.89. The lowest BCUT2D eigenvalue weighted by atomic mass is 11.3. The predicted molar refractivity (Wildman–Crippen MR) is 24.3 cm³/mol. The minimum atomic E-state index is -0.809. The minimum Gasteiger partial charge on any atom is -0.255 e. The van der Waals surface area contributed by atoms with Gasteiger partial charge in [0.1, 0.15) is 0 Å². The molecule has 0 aromatic rings. The van der Waals surface area contributed by atoms with Gasteiger partial charge in [0, 0.05) is 17.1 Å². The van der Waals surface area contributed by atoms with E-state index >= 15 is 0 Å². The molecule has 0 amide bonds. The highest BCUT2D eigenvalue weighted by atomic mass is 32.2. The average Bonchev–Trinajstić information content (AvgIpc) is 1.38. The molecule has 0 aromatic heterocycles. The molecule has 0 aliphatic carbocycles. The van der Waals surface area contributed by atoms with E-state index in [1.54, 1.807) is 6.26 Å². The van der Waals surface area contributed by atoms with Gasteiger partial charge in [-0.25, -0.2) is 0 Å². The smallest absolute Gasteiger partial charge is 0.0418 e. The van der Waals surface area contributed by atoms with Crippen molar-refractivity contribution in [3.63, 3.8) is 0 Å². The molecule has 0 saturated carbocycles. The first-order valence-corrected chi connectivity index (χ1v) is 2.84. The molecule has 0 radical (unpaired) electrons. The summed E-state index contributed by atoms with van der Waals surface area (Å²) in [5.41, 5.74) is 0. The molecular weight excluding hydrogens is 84.1 g/mol. The van der Waals surface area contributed by atoms with Crippen LogP contribution in [0.2, 0.25) is 0 Å². The van der Waals surface area contributed by atoms with Gasteiger partial charge in [-0.15, -0.1) is 0 Å². The fourth-order valence-corrected chi connectivity index (χ4v) is 0. The van der Waals surface area contributed by atoms with E-state index in [2.05, 4.69) is 6.58 Å². The SMILES string of the molecule is C=C[S@](C)=O. The van der Waals surface area contributed by atoms with E-state index in [0.717, 1.165) is 0 Å². The van der Waals surface area contributed by atoms with Crippen molar-refractivity contribution in [2.45, 2.75) is 0 Å². The van der Waals surface area contributed by atoms with Gasteiger partial charge in [0.25, 0.3) is 0 Å². The van der Waals surface area contributed by atoms with Gasteiger partial charge in [-0.1, -0.05) is 6.58 Å². The van der Waals surface area contributed by atoms with Crippen LogP contribution < -0.4 is 0 Å². The Hall–Kier alpha value is -0.110. The lowest BCUT2D eigenvalue weighted by Gasteiger charge is -1.66. The van der Waals surface area contributed by atoms with Crippen molar-refractivity contribution in [1.29, 1.82) is 0 Å². The molecule has 0 spiro atoms. The molecule has 0 fully saturated rings. The minimum absolute atomic E-state index is 0.809. The van der Waals surface area contributed by atoms with Gasteiger partial charge < -0.3 is 0 Å². The first-order valence-electron chi connectivity index (χ1n) is 1.22. The molecule has 0 unspecified atom stereocenters. The molecule has 0 heterocycles. The molecule has 1 nitrogen and oxygen atoms in total. The molecule has 0 aliphatic rings. The number of hydrogen-bond donors (Lipinski definition) is 0. The fourth-order valence-electron chi connectivity index (χ4n) is 0. The van der Waals surface area contributed by atoms with Crippen LogP contribution in [0, 0.1) is 0 Å². The zero-order chi connectivity index (χ0) is 4.28. The molecule has 0 aliphatic heterocycles. The molecule has 5 heavy (non-hydrogen) atoms. The normalized spacial score (nSPS) is 13.8. The molecule has 0 saturated heterocycles. The van der Waals surface area contributed by atoms with E-state index in [-0.39, 0.29) is 0 Å². The topological polar surface area (TPSA) is 17.1 Å². The van der Waals surface area contributed by atoms with Crippen LogP contribution in [0.1, 0.15) is 0 Å². The molecule has 2 heteroatoms. The van der Waals surface area contributed by atoms with Crippen molar-refractivity contribution in [3.05, 3.63) is 12.0 Å². The number of hydrogen-bond acceptors (Lipinski definition) is 1. The summed E-state index contributed by atoms with van der Waals surface area (Å²) < 4.78 is 9.81. The maximum absolute atomic E-state index is 9.81. The lowest BCUT2D eigenvalue weighted by Crippen LogP contribution is -1.68. The Morgan fingerprint density at radius 2 is 2.20 bits per heavy atom. The summed E-state index contributed by atoms with van der Waals surface area (Å²) in [4.78, 5) is 0. The van der Waals surface area contributed by atoms with E-state index in [0.29, 0.717) is 0 Å². The predicted octanol–water partition coefficient (Wildman–Crippen LogP) is 0.508. The fraction of sp³-hybridized carbons (Fsp3) is 0.333. The Morgan fingerprint density at radius 1 is 2.00 bits per heavy atom. The monoisotopic (exact) mass is 90.0 g/mol. The van der Waals surface area contributed by atoms with E-state index in [9.17, 15) is 4.21 Å². The van der Waals surface area contributed by atoms with E-state index in [4.69, 9.17) is 0 Å². The maximum Gasteiger partial charge on any atom is 0.0418 e. The van der Waals surface area contributed by atoms with Crippen molar-refractivity contribution in [1.82, 2.24) is 0 Å². The summed E-state index contributed by atoms with van der Waals surface area (Å²) in [7, 11) is -0.809. The standard InChI is InChI=1S/C3H6OS/c1-3-5(2)4/h3H,1H2,2H3/t5-/m0/s1. The zero-order valence-electron chi connectivity index (χ0n) is 3.10. The van der Waals surface area contributed by atoms with Crippen molar-refractivity contribution in [2.75, 3.05) is 6.26 Å². The third kappa shape index (κ3) is 3.89. The third-order valence-corrected chi connectivity index (χ3v) is 0.704. The highest BCUT2D eigenvalue weighted by Crippen LogP contribution is 1.65. The van der Waals surface area contributed by atoms with Gasteiger partial charge >= 0.3 is 0 Å². The summed E-state index contributed by atoms with van der Waals surface area (Å²) in [6, 6.07) is 0. The lowest BCUT2D eigenvalue weighted by molar-refractivity contribution is 0.692. The highest BCUT2D eigenvalue weighted by molar-refractivity contribution is 7.87. The van der Waals surface area contributed by atoms with Gasteiger partial charge in [-0.05, 0) is 5.41 Å². The van der Waals surface area contributed by atoms with Crippen molar-refractivity contribution in [2.24, 2.45) is 0 Å². The van der Waals surface area contributed by atoms with Crippen LogP contribution >= 0.6 is 0 Å². The Morgan fingerprint density at radius 3 is 2.20 bits per heavy atom. The van der Waals surface area contributed by atoms with Gasteiger partial charge in [-0.2, -0.15) is 0 Å². The largest absolute Gasteiger partial charge is 0.255 e. The molecule has 1 atom stereocenters. The molecule has 0 bridgehead atoms. The Labute approximate surface area is 34.2 Å². The molecule has 0 rings (SSSR count). The first-order chi connectivity index (χ1) is 2.27. The number of rotatable bonds is 1. The van der Waals surface area contributed by atoms with Crippen LogP contribution in [0.25, 0.3) is 0 Å². The van der Waals surface area contributed by atoms with E-state index in [1.807, 2.05) is 0 Å². The second-order valence-electron chi connectivity index (χ2n) is 0.665. The molecule has 0 N–H and O–H groups in total. The van der Waals surface area contributed by atoms with Crippen LogP contribution in [0.5, 0.6) is 0 Å². The summed E-state index contributed by atoms with van der Waals surface area (Å²) in [5.74, 6) is 0. The molecule has 0 aromatic carbocycles. The third-order valence-electron chi connectivity index (χ3n) is 0.235. The van der Waals surface area contributed by atoms with Crippen LogP contribution in [-0.4, -0.2) is 10.5 Å².